The molecule has 0 heterocycles. The summed E-state index contributed by atoms with van der Waals surface area (Å²) >= 11 is 0. The summed E-state index contributed by atoms with van der Waals surface area (Å²) in [6, 6.07) is 6.30. The number of carbonyl (C=O) groups excluding carboxylic acids is 2. The van der Waals surface area contributed by atoms with E-state index in [-0.39, 0.29) is 38.5 Å². The summed E-state index contributed by atoms with van der Waals surface area (Å²) in [4.78, 5) is 45.1. The molecule has 2 aromatic rings. The number of aliphatic hydroxyl groups is 2. The molecule has 2 rings (SSSR count). The van der Waals surface area contributed by atoms with Crippen LogP contribution in [0.3, 0.4) is 0 Å². The van der Waals surface area contributed by atoms with Crippen molar-refractivity contribution in [1.29, 1.82) is 0 Å². The van der Waals surface area contributed by atoms with Gasteiger partial charge in [0, 0.05) is 17.2 Å². The number of carbonyl (C=O) groups is 2. The Morgan fingerprint density at radius 3 is 1.57 bits per heavy atom. The second-order valence-corrected chi connectivity index (χ2v) is 7.32. The summed E-state index contributed by atoms with van der Waals surface area (Å²) in [6.45, 7) is 4.62. The zero-order chi connectivity index (χ0) is 26.6. The Bertz CT molecular complexity index is 1350. The van der Waals surface area contributed by atoms with Gasteiger partial charge in [-0.15, -0.1) is 0 Å². The third-order valence-electron chi connectivity index (χ3n) is 4.75. The Hall–Kier alpha value is -4.94. The summed E-state index contributed by atoms with van der Waals surface area (Å²) in [7, 11) is 0. The second kappa shape index (κ2) is 10.3. The maximum Gasteiger partial charge on any atom is 0.284 e. The van der Waals surface area contributed by atoms with E-state index in [1.807, 2.05) is 0 Å². The molecular weight excluding hydrogens is 464 g/mol. The number of Topliss-reactive ketones (excluding diaryl/α,β-unsaturated/α-hetero) is 2. The number of azo groups is 1. The molecule has 0 aliphatic rings. The SMILES string of the molecule is CC(=O)C(=C(C)O)c1ccc([N+]([O-])=Nc2ccc(/C(C(C)=O)=C(/C)O)c([N+](=O)[O-])c2)cc1[N+](=O)[O-]. The predicted octanol–water partition coefficient (Wildman–Crippen LogP) is 5.18. The molecule has 0 aromatic heterocycles. The molecule has 13 nitrogen and oxygen atoms in total. The molecule has 0 saturated heterocycles. The van der Waals surface area contributed by atoms with Crippen LogP contribution in [0, 0.1) is 25.4 Å². The van der Waals surface area contributed by atoms with Crippen LogP contribution in [-0.2, 0) is 9.59 Å². The van der Waals surface area contributed by atoms with E-state index < -0.39 is 44.3 Å². The summed E-state index contributed by atoms with van der Waals surface area (Å²) in [5.41, 5.74) is -2.75. The minimum atomic E-state index is -0.842. The molecule has 0 unspecified atom stereocenters. The average Bonchev–Trinajstić information content (AvgIpc) is 2.73. The minimum absolute atomic E-state index is 0.0164. The van der Waals surface area contributed by atoms with Gasteiger partial charge >= 0.3 is 0 Å². The van der Waals surface area contributed by atoms with Gasteiger partial charge in [0.25, 0.3) is 17.1 Å². The van der Waals surface area contributed by atoms with Crippen LogP contribution in [0.2, 0.25) is 0 Å². The van der Waals surface area contributed by atoms with E-state index in [0.717, 1.165) is 44.2 Å². The van der Waals surface area contributed by atoms with Crippen LogP contribution in [0.1, 0.15) is 38.8 Å². The smallest absolute Gasteiger partial charge is 0.284 e. The van der Waals surface area contributed by atoms with Crippen LogP contribution in [0.5, 0.6) is 0 Å². The number of nitro groups is 2. The van der Waals surface area contributed by atoms with E-state index in [2.05, 4.69) is 5.11 Å². The molecule has 0 aliphatic heterocycles. The van der Waals surface area contributed by atoms with Gasteiger partial charge in [-0.25, -0.2) is 0 Å². The molecule has 0 bridgehead atoms. The number of nitrogens with zero attached hydrogens (tertiary/aromatic N) is 4. The number of nitro benzene ring substituents is 2. The van der Waals surface area contributed by atoms with Crippen LogP contribution in [-0.4, -0.2) is 36.5 Å². The highest BCUT2D eigenvalue weighted by Gasteiger charge is 2.26. The minimum Gasteiger partial charge on any atom is -0.594 e. The Kier molecular flexibility index (Phi) is 7.77. The summed E-state index contributed by atoms with van der Waals surface area (Å²) in [6.07, 6.45) is 0. The third kappa shape index (κ3) is 5.71. The molecule has 2 aromatic carbocycles. The number of benzene rings is 2. The van der Waals surface area contributed by atoms with Crippen molar-refractivity contribution in [3.8, 4) is 0 Å². The van der Waals surface area contributed by atoms with Crippen LogP contribution in [0.4, 0.5) is 22.7 Å². The van der Waals surface area contributed by atoms with Gasteiger partial charge in [0.15, 0.2) is 11.6 Å². The van der Waals surface area contributed by atoms with E-state index in [0.29, 0.717) is 0 Å². The van der Waals surface area contributed by atoms with Gasteiger partial charge in [-0.3, -0.25) is 29.8 Å². The van der Waals surface area contributed by atoms with Gasteiger partial charge in [0.05, 0.1) is 38.2 Å². The lowest BCUT2D eigenvalue weighted by molar-refractivity contribution is -0.437. The second-order valence-electron chi connectivity index (χ2n) is 7.32. The summed E-state index contributed by atoms with van der Waals surface area (Å²) in [5.74, 6) is -2.12. The molecule has 182 valence electrons. The molecule has 0 radical (unpaired) electrons. The van der Waals surface area contributed by atoms with Gasteiger partial charge < -0.3 is 15.4 Å². The fourth-order valence-corrected chi connectivity index (χ4v) is 3.39. The Morgan fingerprint density at radius 1 is 0.743 bits per heavy atom. The first-order valence-electron chi connectivity index (χ1n) is 9.84. The first kappa shape index (κ1) is 26.3. The van der Waals surface area contributed by atoms with Crippen molar-refractivity contribution in [3.63, 3.8) is 0 Å². The van der Waals surface area contributed by atoms with Crippen LogP contribution < -0.4 is 0 Å². The number of rotatable bonds is 8. The van der Waals surface area contributed by atoms with Crippen molar-refractivity contribution >= 4 is 45.5 Å². The topological polar surface area (TPSA) is 199 Å². The zero-order valence-corrected chi connectivity index (χ0v) is 19.0. The van der Waals surface area contributed by atoms with Crippen LogP contribution in [0.15, 0.2) is 53.0 Å². The highest BCUT2D eigenvalue weighted by atomic mass is 16.6. The quantitative estimate of drug-likeness (QED) is 0.126. The number of allylic oxidation sites excluding steroid dienone is 4. The van der Waals surface area contributed by atoms with Gasteiger partial charge in [0.1, 0.15) is 17.2 Å². The molecule has 0 saturated carbocycles. The Morgan fingerprint density at radius 2 is 1.17 bits per heavy atom. The highest BCUT2D eigenvalue weighted by Crippen LogP contribution is 2.34. The first-order chi connectivity index (χ1) is 16.3. The van der Waals surface area contributed by atoms with E-state index in [1.165, 1.54) is 19.9 Å². The molecule has 0 spiro atoms. The normalized spacial score (nSPS) is 13.0. The zero-order valence-electron chi connectivity index (χ0n) is 19.0. The van der Waals surface area contributed by atoms with E-state index >= 15 is 0 Å². The van der Waals surface area contributed by atoms with Crippen LogP contribution >= 0.6 is 0 Å². The number of hydrogen-bond acceptors (Lipinski definition) is 10. The fourth-order valence-electron chi connectivity index (χ4n) is 3.39. The van der Waals surface area contributed by atoms with Gasteiger partial charge in [0.2, 0.25) is 0 Å². The van der Waals surface area contributed by atoms with Crippen molar-refractivity contribution in [3.05, 3.63) is 84.5 Å². The number of hydrogen-bond donors (Lipinski definition) is 2. The highest BCUT2D eigenvalue weighted by molar-refractivity contribution is 6.21. The Labute approximate surface area is 197 Å². The maximum absolute atomic E-state index is 12.6. The number of aliphatic hydroxyl groups excluding tert-OH is 2. The lowest BCUT2D eigenvalue weighted by atomic mass is 9.99. The molecule has 35 heavy (non-hydrogen) atoms. The molecule has 0 amide bonds. The Balaban J connectivity index is 2.65. The maximum atomic E-state index is 12.6. The first-order valence-corrected chi connectivity index (χ1v) is 9.84. The van der Waals surface area contributed by atoms with Crippen molar-refractivity contribution in [1.82, 2.24) is 0 Å². The van der Waals surface area contributed by atoms with Gasteiger partial charge in [-0.05, 0) is 50.8 Å². The average molecular weight is 484 g/mol. The molecule has 0 atom stereocenters. The van der Waals surface area contributed by atoms with Crippen molar-refractivity contribution in [2.24, 2.45) is 5.11 Å². The summed E-state index contributed by atoms with van der Waals surface area (Å²) in [5, 5.41) is 58.9. The number of ketones is 2. The van der Waals surface area contributed by atoms with E-state index in [1.54, 1.807) is 0 Å². The standard InChI is InChI=1S/C22H20N4O9/c1-11(27)21(12(2)28)17-7-5-15(9-19(17)25(32)33)23-24(31)16-6-8-18(20(10-16)26(34)35)22(13(3)29)14(4)30/h5-10,27,29H,1-4H3/b21-11-,22-13?,24-23?. The molecule has 0 fully saturated rings. The molecule has 0 aliphatic carbocycles. The van der Waals surface area contributed by atoms with Crippen LogP contribution in [0.25, 0.3) is 11.1 Å². The molecule has 13 heteroatoms. The van der Waals surface area contributed by atoms with Gasteiger partial charge in [-0.1, -0.05) is 0 Å². The summed E-state index contributed by atoms with van der Waals surface area (Å²) < 4.78 is 0. The lowest BCUT2D eigenvalue weighted by Gasteiger charge is -2.08. The predicted molar refractivity (Wildman–Crippen MR) is 123 cm³/mol. The van der Waals surface area contributed by atoms with Gasteiger partial charge in [-0.2, -0.15) is 0 Å². The fraction of sp³-hybridized carbons (Fsp3) is 0.182. The third-order valence-corrected chi connectivity index (χ3v) is 4.75. The largest absolute Gasteiger partial charge is 0.594 e. The molecule has 2 N–H and O–H groups in total. The molecular formula is C22H20N4O9. The van der Waals surface area contributed by atoms with Crippen molar-refractivity contribution in [2.45, 2.75) is 27.7 Å². The van der Waals surface area contributed by atoms with Crippen molar-refractivity contribution < 1.29 is 34.5 Å². The monoisotopic (exact) mass is 484 g/mol. The lowest BCUT2D eigenvalue weighted by Crippen LogP contribution is -2.04. The van der Waals surface area contributed by atoms with Crippen molar-refractivity contribution in [2.75, 3.05) is 0 Å². The van der Waals surface area contributed by atoms with E-state index in [4.69, 9.17) is 0 Å². The van der Waals surface area contributed by atoms with E-state index in [9.17, 15) is 45.2 Å².